The molecule has 8 nitrogen and oxygen atoms in total. The molecule has 0 bridgehead atoms. The molecule has 0 atom stereocenters. The highest BCUT2D eigenvalue weighted by atomic mass is 32.1. The van der Waals surface area contributed by atoms with Gasteiger partial charge in [-0.05, 0) is 79.7 Å². The molecule has 0 aliphatic heterocycles. The highest BCUT2D eigenvalue weighted by molar-refractivity contribution is 7.30. The molecule has 2 heterocycles. The Balaban J connectivity index is 1.28. The van der Waals surface area contributed by atoms with E-state index in [0.29, 0.717) is 25.0 Å². The van der Waals surface area contributed by atoms with Crippen LogP contribution in [0.1, 0.15) is 27.7 Å². The van der Waals surface area contributed by atoms with Gasteiger partial charge in [0.1, 0.15) is 27.9 Å². The molecule has 0 fully saturated rings. The second-order valence-corrected chi connectivity index (χ2v) is 15.3. The monoisotopic (exact) mass is 567 g/mol. The standard InChI is InChI=1S/C27H33N5O3S2Si/c1-5-33-22-13-9-21(10-14-22)30-32-27-28-26-24(36-27)19-25(37-26)31-29-20-11-15-23(16-12-20)34-17-18-35-38(6-2,7-3)8-4/h9-16,19H,5-8,17-18H2,1-4H3. The number of aromatic nitrogens is 1. The predicted octanol–water partition coefficient (Wildman–Crippen LogP) is 9.99. The summed E-state index contributed by atoms with van der Waals surface area (Å²) in [4.78, 5) is 5.43. The van der Waals surface area contributed by atoms with Crippen molar-refractivity contribution in [3.8, 4) is 11.5 Å². The van der Waals surface area contributed by atoms with Crippen LogP contribution in [0, 0.1) is 0 Å². The highest BCUT2D eigenvalue weighted by Gasteiger charge is 2.28. The molecule has 200 valence electrons. The molecule has 0 N–H and O–H groups in total. The third kappa shape index (κ3) is 7.53. The summed E-state index contributed by atoms with van der Waals surface area (Å²) >= 11 is 2.95. The average Bonchev–Trinajstić information content (AvgIpc) is 3.51. The highest BCUT2D eigenvalue weighted by Crippen LogP contribution is 2.39. The first-order chi connectivity index (χ1) is 18.6. The zero-order valence-electron chi connectivity index (χ0n) is 22.2. The van der Waals surface area contributed by atoms with Gasteiger partial charge >= 0.3 is 0 Å². The number of thiazole rings is 1. The summed E-state index contributed by atoms with van der Waals surface area (Å²) < 4.78 is 18.6. The summed E-state index contributed by atoms with van der Waals surface area (Å²) in [6.45, 7) is 10.5. The van der Waals surface area contributed by atoms with E-state index in [1.54, 1.807) is 0 Å². The fraction of sp³-hybridized carbons (Fsp3) is 0.370. The zero-order chi connectivity index (χ0) is 26.8. The number of hydrogen-bond acceptors (Lipinski definition) is 10. The maximum absolute atomic E-state index is 6.24. The van der Waals surface area contributed by atoms with E-state index in [0.717, 1.165) is 55.5 Å². The van der Waals surface area contributed by atoms with Gasteiger partial charge in [-0.2, -0.15) is 0 Å². The summed E-state index contributed by atoms with van der Waals surface area (Å²) in [6.07, 6.45) is 0. The quantitative estimate of drug-likeness (QED) is 0.0861. The van der Waals surface area contributed by atoms with Gasteiger partial charge in [-0.25, -0.2) is 4.98 Å². The normalized spacial score (nSPS) is 12.2. The van der Waals surface area contributed by atoms with Crippen molar-refractivity contribution in [3.05, 3.63) is 54.6 Å². The van der Waals surface area contributed by atoms with Crippen molar-refractivity contribution in [1.82, 2.24) is 4.98 Å². The second-order valence-electron chi connectivity index (χ2n) is 8.51. The van der Waals surface area contributed by atoms with Crippen molar-refractivity contribution in [3.63, 3.8) is 0 Å². The van der Waals surface area contributed by atoms with Crippen LogP contribution < -0.4 is 9.47 Å². The molecule has 4 rings (SSSR count). The topological polar surface area (TPSA) is 90.0 Å². The molecule has 0 amide bonds. The van der Waals surface area contributed by atoms with Gasteiger partial charge in [-0.3, -0.25) is 0 Å². The predicted molar refractivity (Wildman–Crippen MR) is 159 cm³/mol. The Morgan fingerprint density at radius 3 is 1.89 bits per heavy atom. The van der Waals surface area contributed by atoms with Crippen LogP contribution >= 0.6 is 22.7 Å². The number of thiophene rings is 1. The lowest BCUT2D eigenvalue weighted by Gasteiger charge is -2.27. The van der Waals surface area contributed by atoms with Gasteiger partial charge in [0.15, 0.2) is 8.32 Å². The van der Waals surface area contributed by atoms with Gasteiger partial charge in [0.2, 0.25) is 5.13 Å². The number of nitrogens with zero attached hydrogens (tertiary/aromatic N) is 5. The Bertz CT molecular complexity index is 1310. The van der Waals surface area contributed by atoms with Crippen molar-refractivity contribution in [2.45, 2.75) is 45.8 Å². The number of hydrogen-bond donors (Lipinski definition) is 0. The molecule has 38 heavy (non-hydrogen) atoms. The molecule has 0 spiro atoms. The summed E-state index contributed by atoms with van der Waals surface area (Å²) in [6, 6.07) is 20.5. The van der Waals surface area contributed by atoms with Crippen LogP contribution in [0.3, 0.4) is 0 Å². The van der Waals surface area contributed by atoms with Gasteiger partial charge in [0.25, 0.3) is 0 Å². The number of benzene rings is 2. The van der Waals surface area contributed by atoms with E-state index < -0.39 is 8.32 Å². The van der Waals surface area contributed by atoms with Gasteiger partial charge in [-0.1, -0.05) is 43.4 Å². The number of ether oxygens (including phenoxy) is 2. The lowest BCUT2D eigenvalue weighted by molar-refractivity contribution is 0.207. The second kappa shape index (κ2) is 13.7. The lowest BCUT2D eigenvalue weighted by Crippen LogP contribution is -2.37. The van der Waals surface area contributed by atoms with Crippen molar-refractivity contribution >= 4 is 62.0 Å². The first-order valence-electron chi connectivity index (χ1n) is 12.9. The van der Waals surface area contributed by atoms with Crippen LogP contribution in [0.5, 0.6) is 11.5 Å². The number of azo groups is 2. The Morgan fingerprint density at radius 1 is 0.711 bits per heavy atom. The van der Waals surface area contributed by atoms with Crippen LogP contribution in [-0.4, -0.2) is 33.1 Å². The van der Waals surface area contributed by atoms with Crippen LogP contribution in [0.25, 0.3) is 9.53 Å². The van der Waals surface area contributed by atoms with Crippen LogP contribution in [0.4, 0.5) is 21.5 Å². The SMILES string of the molecule is CCOc1ccc(N=Nc2nc3sc(N=Nc4ccc(OCCO[Si](CC)(CC)CC)cc4)cc3s2)cc1. The zero-order valence-corrected chi connectivity index (χ0v) is 24.8. The first kappa shape index (κ1) is 28.0. The van der Waals surface area contributed by atoms with Gasteiger partial charge in [0.05, 0.1) is 29.3 Å². The average molecular weight is 568 g/mol. The smallest absolute Gasteiger partial charge is 0.231 e. The van der Waals surface area contributed by atoms with Gasteiger partial charge in [-0.15, -0.1) is 20.5 Å². The fourth-order valence-electron chi connectivity index (χ4n) is 3.87. The molecule has 0 aliphatic carbocycles. The van der Waals surface area contributed by atoms with Gasteiger partial charge < -0.3 is 13.9 Å². The molecule has 0 saturated carbocycles. The fourth-order valence-corrected chi connectivity index (χ4v) is 8.35. The summed E-state index contributed by atoms with van der Waals surface area (Å²) in [5, 5.41) is 18.7. The van der Waals surface area contributed by atoms with E-state index in [-0.39, 0.29) is 0 Å². The number of rotatable bonds is 14. The van der Waals surface area contributed by atoms with Gasteiger partial charge in [0, 0.05) is 0 Å². The Hall–Kier alpha value is -2.99. The van der Waals surface area contributed by atoms with E-state index >= 15 is 0 Å². The molecule has 0 aliphatic rings. The molecule has 0 unspecified atom stereocenters. The largest absolute Gasteiger partial charge is 0.494 e. The Labute approximate surface area is 232 Å². The molecule has 0 radical (unpaired) electrons. The lowest BCUT2D eigenvalue weighted by atomic mass is 10.3. The maximum atomic E-state index is 6.24. The summed E-state index contributed by atoms with van der Waals surface area (Å²) in [5.74, 6) is 1.62. The minimum atomic E-state index is -1.56. The van der Waals surface area contributed by atoms with Crippen molar-refractivity contribution in [2.75, 3.05) is 19.8 Å². The first-order valence-corrected chi connectivity index (χ1v) is 17.1. The number of fused-ring (bicyclic) bond motifs is 1. The minimum Gasteiger partial charge on any atom is -0.494 e. The molecular formula is C27H33N5O3S2Si. The van der Waals surface area contributed by atoms with Crippen molar-refractivity contribution < 1.29 is 13.9 Å². The molecule has 0 saturated heterocycles. The third-order valence-corrected chi connectivity index (χ3v) is 12.9. The van der Waals surface area contributed by atoms with E-state index in [1.807, 2.05) is 61.5 Å². The van der Waals surface area contributed by atoms with E-state index in [9.17, 15) is 0 Å². The molecule has 2 aromatic heterocycles. The Kier molecular flexibility index (Phi) is 10.1. The van der Waals surface area contributed by atoms with E-state index in [1.165, 1.54) is 22.7 Å². The van der Waals surface area contributed by atoms with E-state index in [2.05, 4.69) is 46.2 Å². The maximum Gasteiger partial charge on any atom is 0.231 e. The third-order valence-electron chi connectivity index (χ3n) is 6.26. The Morgan fingerprint density at radius 2 is 1.32 bits per heavy atom. The van der Waals surface area contributed by atoms with Crippen LogP contribution in [-0.2, 0) is 4.43 Å². The summed E-state index contributed by atoms with van der Waals surface area (Å²) in [7, 11) is -1.56. The van der Waals surface area contributed by atoms with Crippen LogP contribution in [0.2, 0.25) is 18.1 Å². The summed E-state index contributed by atoms with van der Waals surface area (Å²) in [5.41, 5.74) is 1.51. The molecular weight excluding hydrogens is 535 g/mol. The van der Waals surface area contributed by atoms with E-state index in [4.69, 9.17) is 13.9 Å². The minimum absolute atomic E-state index is 0.552. The molecule has 2 aromatic carbocycles. The molecule has 11 heteroatoms. The van der Waals surface area contributed by atoms with Crippen molar-refractivity contribution in [1.29, 1.82) is 0 Å². The van der Waals surface area contributed by atoms with Crippen molar-refractivity contribution in [2.24, 2.45) is 20.5 Å². The molecule has 4 aromatic rings. The van der Waals surface area contributed by atoms with Crippen LogP contribution in [0.15, 0.2) is 75.1 Å².